The molecule has 2 atom stereocenters. The number of halogens is 1. The van der Waals surface area contributed by atoms with Crippen LogP contribution < -0.4 is 0 Å². The molecule has 1 fully saturated rings. The number of hydrogen-bond donors (Lipinski definition) is 1. The zero-order valence-electron chi connectivity index (χ0n) is 10.2. The Morgan fingerprint density at radius 1 is 1.26 bits per heavy atom. The van der Waals surface area contributed by atoms with Gasteiger partial charge in [-0.05, 0) is 6.08 Å². The molecule has 0 spiro atoms. The largest absolute Gasteiger partial charge is 0.395 e. The zero-order chi connectivity index (χ0) is 13.4. The average Bonchev–Trinajstić information content (AvgIpc) is 2.28. The van der Waals surface area contributed by atoms with E-state index in [2.05, 4.69) is 0 Å². The van der Waals surface area contributed by atoms with Crippen LogP contribution in [0, 0.1) is 20.2 Å². The summed E-state index contributed by atoms with van der Waals surface area (Å²) in [5.41, 5.74) is -2.69. The number of nitro groups is 2. The van der Waals surface area contributed by atoms with E-state index in [0.717, 1.165) is 0 Å². The highest BCUT2D eigenvalue weighted by atomic mass is 35.5. The predicted molar refractivity (Wildman–Crippen MR) is 68.6 cm³/mol. The van der Waals surface area contributed by atoms with Crippen molar-refractivity contribution < 1.29 is 15.0 Å². The monoisotopic (exact) mass is 293 g/mol. The van der Waals surface area contributed by atoms with E-state index in [1.54, 1.807) is 11.0 Å². The number of likely N-dealkylation sites (tertiary alicyclic amines) is 1. The molecule has 1 heterocycles. The van der Waals surface area contributed by atoms with Gasteiger partial charge in [0.2, 0.25) is 5.54 Å². The van der Waals surface area contributed by atoms with Gasteiger partial charge >= 0.3 is 0 Å². The molecule has 8 nitrogen and oxygen atoms in total. The van der Waals surface area contributed by atoms with E-state index in [1.165, 1.54) is 6.08 Å². The minimum atomic E-state index is -1.39. The Bertz CT molecular complexity index is 418. The normalized spacial score (nSPS) is 33.5. The first-order valence-corrected chi connectivity index (χ1v) is 5.74. The Kier molecular flexibility index (Phi) is 4.49. The van der Waals surface area contributed by atoms with Crippen LogP contribution in [0.15, 0.2) is 12.2 Å². The molecule has 108 valence electrons. The minimum Gasteiger partial charge on any atom is -0.395 e. The molecule has 2 bridgehead atoms. The van der Waals surface area contributed by atoms with Crippen LogP contribution in [0.2, 0.25) is 0 Å². The fraction of sp³-hybridized carbons (Fsp3) is 0.800. The lowest BCUT2D eigenvalue weighted by atomic mass is 9.72. The van der Waals surface area contributed by atoms with Gasteiger partial charge in [-0.2, -0.15) is 0 Å². The second kappa shape index (κ2) is 5.40. The van der Waals surface area contributed by atoms with E-state index in [4.69, 9.17) is 5.11 Å². The third kappa shape index (κ3) is 2.56. The van der Waals surface area contributed by atoms with Crippen molar-refractivity contribution >= 4 is 12.4 Å². The highest BCUT2D eigenvalue weighted by Gasteiger charge is 2.62. The van der Waals surface area contributed by atoms with Crippen LogP contribution in [0.5, 0.6) is 0 Å². The molecule has 1 saturated heterocycles. The summed E-state index contributed by atoms with van der Waals surface area (Å²) in [6.07, 6.45) is 3.15. The number of nitrogens with zero attached hydrogens (tertiary/aromatic N) is 3. The molecule has 9 heteroatoms. The van der Waals surface area contributed by atoms with Crippen LogP contribution in [0.4, 0.5) is 0 Å². The van der Waals surface area contributed by atoms with Gasteiger partial charge in [-0.25, -0.2) is 0 Å². The van der Waals surface area contributed by atoms with Crippen LogP contribution >= 0.6 is 12.4 Å². The summed E-state index contributed by atoms with van der Waals surface area (Å²) in [6, 6.07) is 0. The number of hydrogen-bond acceptors (Lipinski definition) is 6. The topological polar surface area (TPSA) is 110 Å². The molecule has 1 aliphatic carbocycles. The molecule has 0 aromatic rings. The van der Waals surface area contributed by atoms with Gasteiger partial charge in [-0.1, -0.05) is 6.08 Å². The predicted octanol–water partition coefficient (Wildman–Crippen LogP) is 0.0971. The van der Waals surface area contributed by atoms with Crippen molar-refractivity contribution in [2.24, 2.45) is 0 Å². The number of piperidine rings is 1. The van der Waals surface area contributed by atoms with Gasteiger partial charge in [0.15, 0.2) is 0 Å². The van der Waals surface area contributed by atoms with Crippen molar-refractivity contribution in [2.75, 3.05) is 26.2 Å². The van der Waals surface area contributed by atoms with Crippen molar-refractivity contribution in [3.63, 3.8) is 0 Å². The van der Waals surface area contributed by atoms with Gasteiger partial charge in [-0.15, -0.1) is 12.4 Å². The summed E-state index contributed by atoms with van der Waals surface area (Å²) in [5.74, 6) is 0. The maximum absolute atomic E-state index is 11.3. The van der Waals surface area contributed by atoms with Gasteiger partial charge in [0.25, 0.3) is 5.54 Å². The maximum Gasteiger partial charge on any atom is 0.259 e. The number of fused-ring (bicyclic) bond motifs is 2. The Hall–Kier alpha value is -1.25. The summed E-state index contributed by atoms with van der Waals surface area (Å²) in [6.45, 7) is 0.331. The fourth-order valence-electron chi connectivity index (χ4n) is 2.97. The van der Waals surface area contributed by atoms with Gasteiger partial charge in [0.05, 0.1) is 26.1 Å². The first-order chi connectivity index (χ1) is 8.44. The number of aliphatic hydroxyl groups excluding tert-OH is 1. The second-order valence-corrected chi connectivity index (χ2v) is 5.06. The van der Waals surface area contributed by atoms with Crippen LogP contribution in [-0.4, -0.2) is 57.2 Å². The van der Waals surface area contributed by atoms with E-state index in [0.29, 0.717) is 0 Å². The Labute approximate surface area is 115 Å². The van der Waals surface area contributed by atoms with Gasteiger partial charge in [0, 0.05) is 22.8 Å². The van der Waals surface area contributed by atoms with E-state index in [9.17, 15) is 20.2 Å². The lowest BCUT2D eigenvalue weighted by Gasteiger charge is -2.43. The molecular weight excluding hydrogens is 278 g/mol. The van der Waals surface area contributed by atoms with Crippen molar-refractivity contribution in [2.45, 2.75) is 23.9 Å². The number of aliphatic hydroxyl groups is 1. The highest BCUT2D eigenvalue weighted by molar-refractivity contribution is 5.85. The molecule has 0 aromatic heterocycles. The molecule has 2 aliphatic rings. The van der Waals surface area contributed by atoms with Gasteiger partial charge in [0.1, 0.15) is 0 Å². The van der Waals surface area contributed by atoms with Crippen molar-refractivity contribution in [3.05, 3.63) is 32.4 Å². The molecule has 1 aliphatic heterocycles. The summed E-state index contributed by atoms with van der Waals surface area (Å²) >= 11 is 0. The molecule has 2 unspecified atom stereocenters. The zero-order valence-corrected chi connectivity index (χ0v) is 11.0. The average molecular weight is 294 g/mol. The first kappa shape index (κ1) is 15.8. The molecule has 2 rings (SSSR count). The summed E-state index contributed by atoms with van der Waals surface area (Å²) < 4.78 is 0. The van der Waals surface area contributed by atoms with Crippen LogP contribution in [0.3, 0.4) is 0 Å². The fourth-order valence-corrected chi connectivity index (χ4v) is 2.97. The van der Waals surface area contributed by atoms with E-state index in [1.807, 2.05) is 0 Å². The summed E-state index contributed by atoms with van der Waals surface area (Å²) in [5, 5.41) is 31.4. The summed E-state index contributed by atoms with van der Waals surface area (Å²) in [7, 11) is 0. The molecule has 0 radical (unpaired) electrons. The van der Waals surface area contributed by atoms with E-state index >= 15 is 0 Å². The smallest absolute Gasteiger partial charge is 0.259 e. The minimum absolute atomic E-state index is 0. The molecule has 1 N–H and O–H groups in total. The standard InChI is InChI=1S/C10H15N3O5.ClH/c14-5-4-11-7-9(12(15)16)2-1-3-10(6-9,8-11)13(17)18;/h1-2,14H,3-8H2;1H. The highest BCUT2D eigenvalue weighted by Crippen LogP contribution is 2.40. The molecule has 19 heavy (non-hydrogen) atoms. The Morgan fingerprint density at radius 3 is 2.47 bits per heavy atom. The molecule has 0 amide bonds. The Balaban J connectivity index is 0.00000180. The van der Waals surface area contributed by atoms with E-state index < -0.39 is 20.9 Å². The third-order valence-corrected chi connectivity index (χ3v) is 3.74. The number of β-amino-alcohol motifs (C(OH)–C–C–N with tert-alkyl or cyclic N) is 1. The Morgan fingerprint density at radius 2 is 1.95 bits per heavy atom. The lowest BCUT2D eigenvalue weighted by molar-refractivity contribution is -0.619. The van der Waals surface area contributed by atoms with Crippen LogP contribution in [0.1, 0.15) is 12.8 Å². The number of rotatable bonds is 4. The van der Waals surface area contributed by atoms with Crippen LogP contribution in [-0.2, 0) is 0 Å². The van der Waals surface area contributed by atoms with Gasteiger partial charge < -0.3 is 5.11 Å². The van der Waals surface area contributed by atoms with Crippen molar-refractivity contribution in [3.8, 4) is 0 Å². The molecule has 0 aromatic carbocycles. The molecular formula is C10H16ClN3O5. The van der Waals surface area contributed by atoms with E-state index in [-0.39, 0.29) is 51.5 Å². The third-order valence-electron chi connectivity index (χ3n) is 3.74. The van der Waals surface area contributed by atoms with Crippen molar-refractivity contribution in [1.29, 1.82) is 0 Å². The SMILES string of the molecule is Cl.O=[N+]([O-])C12C=CCC([N+](=O)[O-])(CN(CCO)C1)C2. The lowest BCUT2D eigenvalue weighted by Crippen LogP contribution is -2.66. The second-order valence-electron chi connectivity index (χ2n) is 5.06. The van der Waals surface area contributed by atoms with Crippen molar-refractivity contribution in [1.82, 2.24) is 4.90 Å². The first-order valence-electron chi connectivity index (χ1n) is 5.74. The van der Waals surface area contributed by atoms with Crippen LogP contribution in [0.25, 0.3) is 0 Å². The maximum atomic E-state index is 11.3. The quantitative estimate of drug-likeness (QED) is 0.447. The summed E-state index contributed by atoms with van der Waals surface area (Å²) in [4.78, 5) is 23.3. The molecule has 0 saturated carbocycles. The van der Waals surface area contributed by atoms with Gasteiger partial charge in [-0.3, -0.25) is 25.1 Å².